The third-order valence-electron chi connectivity index (χ3n) is 5.51. The highest BCUT2D eigenvalue weighted by molar-refractivity contribution is 7.99. The van der Waals surface area contributed by atoms with Crippen LogP contribution in [0, 0.1) is 0 Å². The molecule has 1 saturated carbocycles. The maximum Gasteiger partial charge on any atom is 0.311 e. The molecule has 1 fully saturated rings. The number of aromatic nitrogens is 4. The van der Waals surface area contributed by atoms with E-state index in [-0.39, 0.29) is 24.1 Å². The van der Waals surface area contributed by atoms with Gasteiger partial charge in [-0.2, -0.15) is 0 Å². The number of rotatable bonds is 12. The smallest absolute Gasteiger partial charge is 0.311 e. The fraction of sp³-hybridized carbons (Fsp3) is 0.400. The van der Waals surface area contributed by atoms with Crippen molar-refractivity contribution in [1.29, 1.82) is 0 Å². The molecule has 1 amide bonds. The highest BCUT2D eigenvalue weighted by Crippen LogP contribution is 2.28. The Balaban J connectivity index is 1.35. The van der Waals surface area contributed by atoms with E-state index in [4.69, 9.17) is 9.47 Å². The van der Waals surface area contributed by atoms with Gasteiger partial charge in [-0.15, -0.1) is 28.1 Å². The molecule has 11 heteroatoms. The van der Waals surface area contributed by atoms with Crippen LogP contribution in [-0.2, 0) is 27.3 Å². The van der Waals surface area contributed by atoms with E-state index in [9.17, 15) is 9.59 Å². The first-order chi connectivity index (χ1) is 17.6. The van der Waals surface area contributed by atoms with Gasteiger partial charge in [0.05, 0.1) is 30.6 Å². The summed E-state index contributed by atoms with van der Waals surface area (Å²) in [5, 5.41) is 14.2. The summed E-state index contributed by atoms with van der Waals surface area (Å²) >= 11 is 2.55. The Morgan fingerprint density at radius 1 is 1.25 bits per heavy atom. The van der Waals surface area contributed by atoms with Crippen molar-refractivity contribution in [3.8, 4) is 17.1 Å². The summed E-state index contributed by atoms with van der Waals surface area (Å²) in [4.78, 5) is 28.4. The second kappa shape index (κ2) is 12.7. The van der Waals surface area contributed by atoms with Gasteiger partial charge in [0.25, 0.3) is 0 Å². The minimum atomic E-state index is -0.343. The second-order valence-corrected chi connectivity index (χ2v) is 10.0. The molecule has 2 heterocycles. The highest BCUT2D eigenvalue weighted by Gasteiger charge is 2.18. The molecule has 0 aliphatic heterocycles. The van der Waals surface area contributed by atoms with Gasteiger partial charge in [-0.1, -0.05) is 17.8 Å². The maximum atomic E-state index is 12.5. The molecule has 4 rings (SSSR count). The van der Waals surface area contributed by atoms with Crippen molar-refractivity contribution in [3.05, 3.63) is 48.0 Å². The van der Waals surface area contributed by atoms with E-state index in [1.807, 2.05) is 28.8 Å². The molecule has 1 aliphatic rings. The molecule has 0 radical (unpaired) electrons. The van der Waals surface area contributed by atoms with E-state index >= 15 is 0 Å². The lowest BCUT2D eigenvalue weighted by Crippen LogP contribution is -2.15. The number of amides is 1. The van der Waals surface area contributed by atoms with Crippen molar-refractivity contribution >= 4 is 40.1 Å². The molecule has 0 bridgehead atoms. The highest BCUT2D eigenvalue weighted by atomic mass is 32.2. The van der Waals surface area contributed by atoms with Crippen molar-refractivity contribution in [2.45, 2.75) is 56.8 Å². The molecule has 0 spiro atoms. The van der Waals surface area contributed by atoms with E-state index in [1.54, 1.807) is 18.4 Å². The van der Waals surface area contributed by atoms with Crippen molar-refractivity contribution in [3.63, 3.8) is 0 Å². The second-order valence-electron chi connectivity index (χ2n) is 8.22. The van der Waals surface area contributed by atoms with Crippen molar-refractivity contribution in [2.75, 3.05) is 17.7 Å². The number of anilines is 1. The average Bonchev–Trinajstić information content (AvgIpc) is 3.61. The number of hydrogen-bond acceptors (Lipinski definition) is 9. The zero-order valence-corrected chi connectivity index (χ0v) is 21.8. The van der Waals surface area contributed by atoms with Gasteiger partial charge in [0.2, 0.25) is 5.91 Å². The molecule has 190 valence electrons. The quantitative estimate of drug-likeness (QED) is 0.204. The minimum Gasteiger partial charge on any atom is -0.490 e. The number of thiazole rings is 1. The Morgan fingerprint density at radius 3 is 2.75 bits per heavy atom. The summed E-state index contributed by atoms with van der Waals surface area (Å²) in [6.45, 7) is 6.43. The van der Waals surface area contributed by atoms with Crippen LogP contribution in [0.25, 0.3) is 11.4 Å². The first-order valence-electron chi connectivity index (χ1n) is 11.9. The standard InChI is InChI=1S/C25H29N5O4S2/c1-3-13-30-23(17-9-11-20(12-10-17)34-19-7-5-6-8-19)28-29-25(30)36-16-21(31)27-24-26-18(15-35-24)14-22(32)33-4-2/h3,9-12,15,19H,1,4-8,13-14,16H2,2H3,(H,26,27,31). The summed E-state index contributed by atoms with van der Waals surface area (Å²) in [5.41, 5.74) is 1.48. The van der Waals surface area contributed by atoms with Gasteiger partial charge >= 0.3 is 5.97 Å². The van der Waals surface area contributed by atoms with Crippen molar-refractivity contribution in [1.82, 2.24) is 19.7 Å². The summed E-state index contributed by atoms with van der Waals surface area (Å²) in [6, 6.07) is 7.88. The van der Waals surface area contributed by atoms with Crippen LogP contribution in [0.1, 0.15) is 38.3 Å². The minimum absolute atomic E-state index is 0.0794. The summed E-state index contributed by atoms with van der Waals surface area (Å²) in [6.07, 6.45) is 6.84. The van der Waals surface area contributed by atoms with Crippen molar-refractivity contribution in [2.24, 2.45) is 0 Å². The fourth-order valence-electron chi connectivity index (χ4n) is 3.87. The monoisotopic (exact) mass is 527 g/mol. The van der Waals surface area contributed by atoms with Crippen LogP contribution in [0.2, 0.25) is 0 Å². The van der Waals surface area contributed by atoms with Crippen LogP contribution in [0.15, 0.2) is 47.5 Å². The van der Waals surface area contributed by atoms with Crippen LogP contribution in [0.4, 0.5) is 5.13 Å². The Kier molecular flexibility index (Phi) is 9.12. The molecule has 2 aromatic heterocycles. The lowest BCUT2D eigenvalue weighted by molar-refractivity contribution is -0.142. The zero-order chi connectivity index (χ0) is 25.3. The van der Waals surface area contributed by atoms with Gasteiger partial charge in [0.1, 0.15) is 5.75 Å². The Labute approximate surface area is 218 Å². The SMILES string of the molecule is C=CCn1c(SCC(=O)Nc2nc(CC(=O)OCC)cs2)nnc1-c1ccc(OC2CCCC2)cc1. The molecule has 36 heavy (non-hydrogen) atoms. The summed E-state index contributed by atoms with van der Waals surface area (Å²) in [5.74, 6) is 1.13. The number of carbonyl (C=O) groups excluding carboxylic acids is 2. The number of ether oxygens (including phenoxy) is 2. The molecule has 9 nitrogen and oxygen atoms in total. The fourth-order valence-corrected chi connectivity index (χ4v) is 5.35. The third-order valence-corrected chi connectivity index (χ3v) is 7.28. The van der Waals surface area contributed by atoms with Crippen LogP contribution in [-0.4, -0.2) is 50.1 Å². The number of hydrogen-bond donors (Lipinski definition) is 1. The van der Waals surface area contributed by atoms with E-state index in [0.717, 1.165) is 24.2 Å². The first-order valence-corrected chi connectivity index (χ1v) is 13.8. The van der Waals surface area contributed by atoms with Crippen LogP contribution in [0.5, 0.6) is 5.75 Å². The summed E-state index contributed by atoms with van der Waals surface area (Å²) in [7, 11) is 0. The topological polar surface area (TPSA) is 108 Å². The third kappa shape index (κ3) is 6.94. The van der Waals surface area contributed by atoms with Gasteiger partial charge in [-0.05, 0) is 56.9 Å². The Morgan fingerprint density at radius 2 is 2.03 bits per heavy atom. The van der Waals surface area contributed by atoms with Gasteiger partial charge < -0.3 is 14.8 Å². The van der Waals surface area contributed by atoms with E-state index in [0.29, 0.717) is 41.1 Å². The molecule has 0 saturated heterocycles. The van der Waals surface area contributed by atoms with Crippen LogP contribution >= 0.6 is 23.1 Å². The molecule has 3 aromatic rings. The molecule has 0 unspecified atom stereocenters. The molecule has 0 atom stereocenters. The molecule has 1 aromatic carbocycles. The number of nitrogens with one attached hydrogen (secondary N) is 1. The molecular weight excluding hydrogens is 498 g/mol. The van der Waals surface area contributed by atoms with Gasteiger partial charge in [0.15, 0.2) is 16.1 Å². The van der Waals surface area contributed by atoms with Gasteiger partial charge in [0, 0.05) is 17.5 Å². The Bertz CT molecular complexity index is 1190. The number of thioether (sulfide) groups is 1. The predicted octanol–water partition coefficient (Wildman–Crippen LogP) is 4.75. The number of nitrogens with zero attached hydrogens (tertiary/aromatic N) is 4. The van der Waals surface area contributed by atoms with E-state index < -0.39 is 0 Å². The number of allylic oxidation sites excluding steroid dienone is 1. The summed E-state index contributed by atoms with van der Waals surface area (Å²) < 4.78 is 12.9. The predicted molar refractivity (Wildman–Crippen MR) is 140 cm³/mol. The largest absolute Gasteiger partial charge is 0.490 e. The normalized spacial score (nSPS) is 13.5. The van der Waals surface area contributed by atoms with Gasteiger partial charge in [-0.25, -0.2) is 4.98 Å². The lowest BCUT2D eigenvalue weighted by atomic mass is 10.2. The Hall–Kier alpha value is -3.18. The van der Waals surface area contributed by atoms with Gasteiger partial charge in [-0.3, -0.25) is 14.2 Å². The zero-order valence-electron chi connectivity index (χ0n) is 20.1. The lowest BCUT2D eigenvalue weighted by Gasteiger charge is -2.13. The van der Waals surface area contributed by atoms with E-state index in [1.165, 1.54) is 35.9 Å². The molecular formula is C25H29N5O4S2. The van der Waals surface area contributed by atoms with E-state index in [2.05, 4.69) is 27.1 Å². The molecule has 1 N–H and O–H groups in total. The maximum absolute atomic E-state index is 12.5. The van der Waals surface area contributed by atoms with Crippen molar-refractivity contribution < 1.29 is 19.1 Å². The number of esters is 1. The average molecular weight is 528 g/mol. The van der Waals surface area contributed by atoms with Crippen LogP contribution < -0.4 is 10.1 Å². The first kappa shape index (κ1) is 25.9. The number of carbonyl (C=O) groups is 2. The molecule has 1 aliphatic carbocycles. The number of benzene rings is 1. The van der Waals surface area contributed by atoms with Crippen LogP contribution in [0.3, 0.4) is 0 Å².